The molecule has 0 saturated carbocycles. The summed E-state index contributed by atoms with van der Waals surface area (Å²) < 4.78 is 0. The van der Waals surface area contributed by atoms with E-state index in [4.69, 9.17) is 0 Å². The highest BCUT2D eigenvalue weighted by Gasteiger charge is 2.11. The van der Waals surface area contributed by atoms with Crippen LogP contribution in [0, 0.1) is 0 Å². The number of anilines is 2. The Balaban J connectivity index is 1.34. The summed E-state index contributed by atoms with van der Waals surface area (Å²) in [6.45, 7) is 0. The molecular formula is C20H14N4O2S4. The highest BCUT2D eigenvalue weighted by atomic mass is 32.1. The van der Waals surface area contributed by atoms with Crippen LogP contribution in [0.2, 0.25) is 0 Å². The first-order chi connectivity index (χ1) is 14.7. The van der Waals surface area contributed by atoms with Gasteiger partial charge in [0, 0.05) is 32.7 Å². The summed E-state index contributed by atoms with van der Waals surface area (Å²) in [6.07, 6.45) is 6.48. The minimum absolute atomic E-state index is 0.243. The minimum Gasteiger partial charge on any atom is -0.298 e. The van der Waals surface area contributed by atoms with Crippen molar-refractivity contribution in [2.75, 3.05) is 10.6 Å². The van der Waals surface area contributed by atoms with Crippen molar-refractivity contribution >= 4 is 79.6 Å². The van der Waals surface area contributed by atoms with Crippen molar-refractivity contribution in [1.29, 1.82) is 0 Å². The van der Waals surface area contributed by atoms with Crippen molar-refractivity contribution < 1.29 is 9.59 Å². The summed E-state index contributed by atoms with van der Waals surface area (Å²) in [6, 6.07) is 7.74. The molecule has 0 aliphatic carbocycles. The number of nitrogens with one attached hydrogen (secondary N) is 2. The lowest BCUT2D eigenvalue weighted by atomic mass is 10.4. The first-order valence-electron chi connectivity index (χ1n) is 8.62. The highest BCUT2D eigenvalue weighted by molar-refractivity contribution is 7.15. The zero-order valence-corrected chi connectivity index (χ0v) is 18.5. The molecule has 6 nitrogen and oxygen atoms in total. The van der Waals surface area contributed by atoms with Crippen LogP contribution in [0.25, 0.3) is 23.5 Å². The average Bonchev–Trinajstić information content (AvgIpc) is 3.53. The second-order valence-corrected chi connectivity index (χ2v) is 9.43. The largest absolute Gasteiger partial charge is 0.298 e. The van der Waals surface area contributed by atoms with E-state index in [1.54, 1.807) is 34.8 Å². The van der Waals surface area contributed by atoms with Gasteiger partial charge in [0.2, 0.25) is 11.8 Å². The van der Waals surface area contributed by atoms with Crippen LogP contribution in [0.5, 0.6) is 0 Å². The second kappa shape index (κ2) is 9.72. The molecule has 0 fully saturated rings. The number of aromatic nitrogens is 2. The van der Waals surface area contributed by atoms with Crippen LogP contribution in [-0.2, 0) is 9.59 Å². The Hall–Kier alpha value is -2.92. The molecule has 0 aromatic carbocycles. The van der Waals surface area contributed by atoms with Crippen LogP contribution >= 0.6 is 45.3 Å². The van der Waals surface area contributed by atoms with Crippen molar-refractivity contribution in [2.45, 2.75) is 0 Å². The maximum Gasteiger partial charge on any atom is 0.250 e. The Labute approximate surface area is 188 Å². The van der Waals surface area contributed by atoms with Crippen molar-refractivity contribution in [1.82, 2.24) is 9.97 Å². The molecule has 0 aliphatic heterocycles. The smallest absolute Gasteiger partial charge is 0.250 e. The molecule has 4 rings (SSSR count). The van der Waals surface area contributed by atoms with Crippen molar-refractivity contribution in [3.05, 3.63) is 67.7 Å². The lowest BCUT2D eigenvalue weighted by Crippen LogP contribution is -2.07. The van der Waals surface area contributed by atoms with Crippen molar-refractivity contribution in [2.24, 2.45) is 0 Å². The molecular weight excluding hydrogens is 457 g/mol. The van der Waals surface area contributed by atoms with Crippen LogP contribution in [0.15, 0.2) is 57.9 Å². The van der Waals surface area contributed by atoms with Gasteiger partial charge in [-0.05, 0) is 35.0 Å². The van der Waals surface area contributed by atoms with Gasteiger partial charge in [-0.3, -0.25) is 20.2 Å². The monoisotopic (exact) mass is 470 g/mol. The van der Waals surface area contributed by atoms with Gasteiger partial charge < -0.3 is 0 Å². The van der Waals surface area contributed by atoms with Gasteiger partial charge in [-0.1, -0.05) is 12.1 Å². The van der Waals surface area contributed by atoms with Gasteiger partial charge >= 0.3 is 0 Å². The fourth-order valence-electron chi connectivity index (χ4n) is 2.28. The number of hydrogen-bond acceptors (Lipinski definition) is 8. The summed E-state index contributed by atoms with van der Waals surface area (Å²) >= 11 is 5.76. The molecule has 0 saturated heterocycles. The summed E-state index contributed by atoms with van der Waals surface area (Å²) in [5, 5.41) is 14.0. The number of thiophene rings is 2. The third kappa shape index (κ3) is 5.57. The number of carbonyl (C=O) groups is 2. The summed E-state index contributed by atoms with van der Waals surface area (Å²) in [5.41, 5.74) is 1.28. The normalized spacial score (nSPS) is 11.3. The summed E-state index contributed by atoms with van der Waals surface area (Å²) in [5.74, 6) is -0.485. The number of hydrogen-bond donors (Lipinski definition) is 2. The standard InChI is InChI=1S/C20H14N4O2S4/c25-17(7-5-13-3-1-9-27-13)23-19-21-15(11-29-19)16-12-30-20(22-16)24-18(26)8-6-14-4-2-10-28-14/h1-12H,(H,21,23,25)(H,22,24,26). The minimum atomic E-state index is -0.243. The van der Waals surface area contributed by atoms with E-state index >= 15 is 0 Å². The number of thiazole rings is 2. The number of carbonyl (C=O) groups excluding carboxylic acids is 2. The Bertz CT molecular complexity index is 1090. The first-order valence-corrected chi connectivity index (χ1v) is 12.1. The van der Waals surface area contributed by atoms with Crippen LogP contribution in [0.4, 0.5) is 10.3 Å². The zero-order chi connectivity index (χ0) is 20.8. The molecule has 0 spiro atoms. The van der Waals surface area contributed by atoms with E-state index in [1.165, 1.54) is 34.8 Å². The molecule has 10 heteroatoms. The van der Waals surface area contributed by atoms with Gasteiger partial charge in [-0.25, -0.2) is 9.97 Å². The van der Waals surface area contributed by atoms with E-state index in [1.807, 2.05) is 45.8 Å². The Kier molecular flexibility index (Phi) is 6.60. The highest BCUT2D eigenvalue weighted by Crippen LogP contribution is 2.28. The van der Waals surface area contributed by atoms with Gasteiger partial charge in [0.25, 0.3) is 0 Å². The Morgan fingerprint density at radius 3 is 1.60 bits per heavy atom. The van der Waals surface area contributed by atoms with Gasteiger partial charge in [0.05, 0.1) is 0 Å². The summed E-state index contributed by atoms with van der Waals surface area (Å²) in [4.78, 5) is 34.9. The molecule has 0 atom stereocenters. The molecule has 150 valence electrons. The van der Waals surface area contributed by atoms with Gasteiger partial charge in [-0.2, -0.15) is 0 Å². The van der Waals surface area contributed by atoms with Crippen LogP contribution < -0.4 is 10.6 Å². The fraction of sp³-hybridized carbons (Fsp3) is 0. The summed E-state index contributed by atoms with van der Waals surface area (Å²) in [7, 11) is 0. The molecule has 0 bridgehead atoms. The molecule has 0 aliphatic rings. The molecule has 30 heavy (non-hydrogen) atoms. The van der Waals surface area contributed by atoms with Crippen LogP contribution in [-0.4, -0.2) is 21.8 Å². The molecule has 4 aromatic heterocycles. The molecule has 0 unspecified atom stereocenters. The van der Waals surface area contributed by atoms with Crippen LogP contribution in [0.3, 0.4) is 0 Å². The van der Waals surface area contributed by atoms with Crippen molar-refractivity contribution in [3.63, 3.8) is 0 Å². The zero-order valence-electron chi connectivity index (χ0n) is 15.3. The number of amides is 2. The van der Waals surface area contributed by atoms with Crippen molar-refractivity contribution in [3.8, 4) is 11.4 Å². The predicted molar refractivity (Wildman–Crippen MR) is 127 cm³/mol. The number of rotatable bonds is 7. The fourth-order valence-corrected chi connectivity index (χ4v) is 4.93. The molecule has 0 radical (unpaired) electrons. The van der Waals surface area contributed by atoms with E-state index < -0.39 is 0 Å². The second-order valence-electron chi connectivity index (χ2n) is 5.75. The van der Waals surface area contributed by atoms with Gasteiger partial charge in [0.15, 0.2) is 10.3 Å². The van der Waals surface area contributed by atoms with E-state index in [9.17, 15) is 9.59 Å². The molecule has 4 aromatic rings. The average molecular weight is 471 g/mol. The van der Waals surface area contributed by atoms with E-state index in [-0.39, 0.29) is 11.8 Å². The lowest BCUT2D eigenvalue weighted by Gasteiger charge is -1.96. The quantitative estimate of drug-likeness (QED) is 0.340. The van der Waals surface area contributed by atoms with E-state index in [0.717, 1.165) is 9.75 Å². The van der Waals surface area contributed by atoms with Gasteiger partial charge in [0.1, 0.15) is 11.4 Å². The topological polar surface area (TPSA) is 84.0 Å². The van der Waals surface area contributed by atoms with E-state index in [2.05, 4.69) is 20.6 Å². The van der Waals surface area contributed by atoms with Crippen LogP contribution in [0.1, 0.15) is 9.75 Å². The third-order valence-electron chi connectivity index (χ3n) is 3.62. The lowest BCUT2D eigenvalue weighted by molar-refractivity contribution is -0.112. The Morgan fingerprint density at radius 2 is 1.20 bits per heavy atom. The van der Waals surface area contributed by atoms with Gasteiger partial charge in [-0.15, -0.1) is 45.3 Å². The maximum absolute atomic E-state index is 12.0. The first kappa shape index (κ1) is 20.4. The molecule has 4 heterocycles. The maximum atomic E-state index is 12.0. The SMILES string of the molecule is O=C(C=Cc1cccs1)Nc1nc(-c2csc(NC(=O)C=Cc3cccs3)n2)cs1. The number of nitrogens with zero attached hydrogens (tertiary/aromatic N) is 2. The van der Waals surface area contributed by atoms with E-state index in [0.29, 0.717) is 21.7 Å². The third-order valence-corrected chi connectivity index (χ3v) is 6.81. The molecule has 2 amide bonds. The Morgan fingerprint density at radius 1 is 0.733 bits per heavy atom. The molecule has 2 N–H and O–H groups in total. The predicted octanol–water partition coefficient (Wildman–Crippen LogP) is 5.69.